The quantitative estimate of drug-likeness (QED) is 0.193. The largest absolute Gasteiger partial charge is 0.313 e. The molecule has 0 fully saturated rings. The molecule has 0 saturated carbocycles. The molecule has 0 N–H and O–H groups in total. The van der Waals surface area contributed by atoms with Crippen LogP contribution in [0.1, 0.15) is 41.6 Å². The van der Waals surface area contributed by atoms with Gasteiger partial charge in [-0.3, -0.25) is 0 Å². The van der Waals surface area contributed by atoms with Gasteiger partial charge in [0, 0.05) is 27.3 Å². The maximum Gasteiger partial charge on any atom is 0.167 e. The van der Waals surface area contributed by atoms with Crippen molar-refractivity contribution in [3.63, 3.8) is 0 Å². The molecular formula is C40H30NOP. The van der Waals surface area contributed by atoms with E-state index in [9.17, 15) is 0 Å². The van der Waals surface area contributed by atoms with Crippen LogP contribution in [0, 0.1) is 0 Å². The van der Waals surface area contributed by atoms with Gasteiger partial charge in [0.1, 0.15) is 0 Å². The second-order valence-corrected chi connectivity index (χ2v) is 14.7. The zero-order chi connectivity index (χ0) is 28.5. The van der Waals surface area contributed by atoms with Gasteiger partial charge in [0.25, 0.3) is 0 Å². The second kappa shape index (κ2) is 9.43. The van der Waals surface area contributed by atoms with Crippen molar-refractivity contribution in [2.75, 3.05) is 0 Å². The standard InChI is InChI=1S/C40H30NOP/c42-43(29-13-3-1-4-14-29,30-15-5-2-6-16-30)31-23-21-28(22-24-31)41-37-20-8-7-17-32(37)35-26-25-34-33-18-9-11-27-12-10-19-36(38(27)33)39(34)40(35)41/h1-21,23H,22,24-26H2. The highest BCUT2D eigenvalue weighted by Crippen LogP contribution is 2.56. The van der Waals surface area contributed by atoms with Crippen molar-refractivity contribution in [2.24, 2.45) is 0 Å². The number of hydrogen-bond acceptors (Lipinski definition) is 1. The summed E-state index contributed by atoms with van der Waals surface area (Å²) in [6, 6.07) is 42.5. The van der Waals surface area contributed by atoms with Gasteiger partial charge in [0.15, 0.2) is 7.14 Å². The van der Waals surface area contributed by atoms with E-state index < -0.39 is 7.14 Å². The Morgan fingerprint density at radius 3 is 1.95 bits per heavy atom. The SMILES string of the molecule is O=P(C1=CC=C(n2c3c(c4ccccc42)CCC2=C3c3cccc4cccc2c34)CC1)(c1ccccc1)c1ccccc1. The Morgan fingerprint density at radius 1 is 0.581 bits per heavy atom. The van der Waals surface area contributed by atoms with Crippen LogP contribution in [-0.2, 0) is 11.0 Å². The van der Waals surface area contributed by atoms with E-state index in [1.165, 1.54) is 60.9 Å². The minimum absolute atomic E-state index is 0.760. The molecule has 0 spiro atoms. The predicted octanol–water partition coefficient (Wildman–Crippen LogP) is 9.55. The smallest absolute Gasteiger partial charge is 0.167 e. The summed E-state index contributed by atoms with van der Waals surface area (Å²) in [7, 11) is -2.96. The number of allylic oxidation sites excluding steroid dienone is 5. The molecule has 3 aliphatic carbocycles. The number of aromatic nitrogens is 1. The van der Waals surface area contributed by atoms with Crippen molar-refractivity contribution in [2.45, 2.75) is 25.7 Å². The Morgan fingerprint density at radius 2 is 1.26 bits per heavy atom. The molecule has 2 nitrogen and oxygen atoms in total. The van der Waals surface area contributed by atoms with Crippen LogP contribution < -0.4 is 10.6 Å². The van der Waals surface area contributed by atoms with E-state index in [-0.39, 0.29) is 0 Å². The normalized spacial score (nSPS) is 15.8. The Hall–Kier alpha value is -4.65. The lowest BCUT2D eigenvalue weighted by Crippen LogP contribution is -2.18. The van der Waals surface area contributed by atoms with E-state index >= 15 is 4.57 Å². The fourth-order valence-electron chi connectivity index (χ4n) is 7.82. The second-order valence-electron chi connectivity index (χ2n) is 11.8. The van der Waals surface area contributed by atoms with E-state index in [0.29, 0.717) is 0 Å². The maximum atomic E-state index is 15.1. The van der Waals surface area contributed by atoms with Gasteiger partial charge >= 0.3 is 0 Å². The monoisotopic (exact) mass is 571 g/mol. The summed E-state index contributed by atoms with van der Waals surface area (Å²) < 4.78 is 17.6. The number of rotatable bonds is 4. The topological polar surface area (TPSA) is 22.0 Å². The molecule has 0 atom stereocenters. The molecule has 0 unspecified atom stereocenters. The minimum atomic E-state index is -2.96. The number of aryl methyl sites for hydroxylation is 1. The van der Waals surface area contributed by atoms with Crippen LogP contribution in [0.2, 0.25) is 0 Å². The summed E-state index contributed by atoms with van der Waals surface area (Å²) in [6.07, 6.45) is 8.11. The molecule has 0 amide bonds. The molecule has 43 heavy (non-hydrogen) atoms. The zero-order valence-electron chi connectivity index (χ0n) is 23.8. The summed E-state index contributed by atoms with van der Waals surface area (Å²) in [6.45, 7) is 0. The van der Waals surface area contributed by atoms with Crippen LogP contribution in [0.15, 0.2) is 139 Å². The van der Waals surface area contributed by atoms with Gasteiger partial charge in [-0.25, -0.2) is 0 Å². The van der Waals surface area contributed by atoms with Gasteiger partial charge in [-0.05, 0) is 76.2 Å². The minimum Gasteiger partial charge on any atom is -0.313 e. The Bertz CT molecular complexity index is 2200. The van der Waals surface area contributed by atoms with Gasteiger partial charge in [-0.2, -0.15) is 0 Å². The number of benzene rings is 5. The summed E-state index contributed by atoms with van der Waals surface area (Å²) in [5.74, 6) is 0. The van der Waals surface area contributed by atoms with Crippen molar-refractivity contribution in [1.29, 1.82) is 0 Å². The van der Waals surface area contributed by atoms with Crippen molar-refractivity contribution >= 4 is 56.3 Å². The van der Waals surface area contributed by atoms with Crippen molar-refractivity contribution < 1.29 is 4.57 Å². The van der Waals surface area contributed by atoms with Crippen LogP contribution in [0.3, 0.4) is 0 Å². The van der Waals surface area contributed by atoms with Gasteiger partial charge in [0.2, 0.25) is 0 Å². The first-order valence-electron chi connectivity index (χ1n) is 15.2. The van der Waals surface area contributed by atoms with E-state index in [4.69, 9.17) is 0 Å². The lowest BCUT2D eigenvalue weighted by Gasteiger charge is -2.27. The average molecular weight is 572 g/mol. The third-order valence-electron chi connectivity index (χ3n) is 9.68. The van der Waals surface area contributed by atoms with E-state index in [2.05, 4.69) is 77.4 Å². The lowest BCUT2D eigenvalue weighted by molar-refractivity contribution is 0.589. The molecule has 6 aromatic rings. The van der Waals surface area contributed by atoms with Gasteiger partial charge < -0.3 is 9.13 Å². The van der Waals surface area contributed by atoms with Crippen LogP contribution in [0.5, 0.6) is 0 Å². The molecule has 3 heteroatoms. The predicted molar refractivity (Wildman–Crippen MR) is 181 cm³/mol. The van der Waals surface area contributed by atoms with Crippen LogP contribution in [0.25, 0.3) is 38.5 Å². The molecule has 0 radical (unpaired) electrons. The zero-order valence-corrected chi connectivity index (χ0v) is 24.7. The maximum absolute atomic E-state index is 15.1. The fraction of sp³-hybridized carbons (Fsp3) is 0.100. The van der Waals surface area contributed by atoms with Gasteiger partial charge in [0.05, 0.1) is 11.2 Å². The molecule has 5 aromatic carbocycles. The molecule has 9 rings (SSSR count). The molecule has 206 valence electrons. The van der Waals surface area contributed by atoms with Crippen LogP contribution in [0.4, 0.5) is 0 Å². The molecule has 1 aromatic heterocycles. The third kappa shape index (κ3) is 3.51. The molecule has 0 aliphatic heterocycles. The van der Waals surface area contributed by atoms with Crippen molar-refractivity contribution in [1.82, 2.24) is 4.57 Å². The summed E-state index contributed by atoms with van der Waals surface area (Å²) in [4.78, 5) is 0. The molecule has 0 bridgehead atoms. The molecule has 1 heterocycles. The highest BCUT2D eigenvalue weighted by molar-refractivity contribution is 7.82. The Balaban J connectivity index is 1.26. The van der Waals surface area contributed by atoms with E-state index in [1.807, 2.05) is 60.7 Å². The van der Waals surface area contributed by atoms with Crippen LogP contribution in [-0.4, -0.2) is 4.57 Å². The summed E-state index contributed by atoms with van der Waals surface area (Å²) >= 11 is 0. The highest BCUT2D eigenvalue weighted by Gasteiger charge is 2.36. The Labute approximate surface area is 251 Å². The van der Waals surface area contributed by atoms with Gasteiger partial charge in [-0.15, -0.1) is 0 Å². The summed E-state index contributed by atoms with van der Waals surface area (Å²) in [5.41, 5.74) is 11.0. The number of fused-ring (bicyclic) bond motifs is 6. The van der Waals surface area contributed by atoms with Crippen molar-refractivity contribution in [3.05, 3.63) is 161 Å². The first kappa shape index (κ1) is 24.9. The van der Waals surface area contributed by atoms with Crippen LogP contribution >= 0.6 is 7.14 Å². The molecule has 0 saturated heterocycles. The number of para-hydroxylation sites is 1. The third-order valence-corrected chi connectivity index (χ3v) is 12.9. The van der Waals surface area contributed by atoms with E-state index in [1.54, 1.807) is 0 Å². The van der Waals surface area contributed by atoms with Gasteiger partial charge in [-0.1, -0.05) is 121 Å². The first-order chi connectivity index (χ1) is 21.2. The number of hydrogen-bond donors (Lipinski definition) is 0. The molecular weight excluding hydrogens is 541 g/mol. The summed E-state index contributed by atoms with van der Waals surface area (Å²) in [5, 5.41) is 6.89. The van der Waals surface area contributed by atoms with Crippen molar-refractivity contribution in [3.8, 4) is 0 Å². The Kier molecular flexibility index (Phi) is 5.46. The molecule has 3 aliphatic rings. The number of nitrogens with zero attached hydrogens (tertiary/aromatic N) is 1. The fourth-order valence-corrected chi connectivity index (χ4v) is 10.7. The highest BCUT2D eigenvalue weighted by atomic mass is 31.2. The van der Waals surface area contributed by atoms with E-state index in [0.717, 1.165) is 41.6 Å². The lowest BCUT2D eigenvalue weighted by atomic mass is 9.87. The average Bonchev–Trinajstić information content (AvgIpc) is 3.59. The first-order valence-corrected chi connectivity index (χ1v) is 16.9.